The molecule has 1 nitrogen and oxygen atoms in total. The van der Waals surface area contributed by atoms with Gasteiger partial charge in [-0.15, -0.1) is 0 Å². The lowest BCUT2D eigenvalue weighted by Gasteiger charge is -2.16. The summed E-state index contributed by atoms with van der Waals surface area (Å²) in [5.74, 6) is -4.12. The highest BCUT2D eigenvalue weighted by Crippen LogP contribution is 2.38. The van der Waals surface area contributed by atoms with E-state index in [1.54, 1.807) is 0 Å². The van der Waals surface area contributed by atoms with Crippen molar-refractivity contribution >= 4 is 6.29 Å². The van der Waals surface area contributed by atoms with Crippen LogP contribution in [0.3, 0.4) is 0 Å². The Kier molecular flexibility index (Phi) is 2.79. The highest BCUT2D eigenvalue weighted by atomic mass is 19.4. The van der Waals surface area contributed by atoms with E-state index in [2.05, 4.69) is 0 Å². The summed E-state index contributed by atoms with van der Waals surface area (Å²) in [4.78, 5) is 9.99. The quantitative estimate of drug-likeness (QED) is 0.557. The Hall–Kier alpha value is -1.46. The van der Waals surface area contributed by atoms with Gasteiger partial charge in [-0.25, -0.2) is 0 Å². The summed E-state index contributed by atoms with van der Waals surface area (Å²) >= 11 is 0. The van der Waals surface area contributed by atoms with Crippen molar-refractivity contribution in [2.24, 2.45) is 0 Å². The average Bonchev–Trinajstić information content (AvgIpc) is 2.16. The average molecular weight is 224 g/mol. The van der Waals surface area contributed by atoms with Gasteiger partial charge in [-0.05, 0) is 6.07 Å². The fraction of sp³-hybridized carbons (Fsp3) is 0.222. The standard InChI is InChI=1S/C9H5F5O/c10-8(11,5-15)6-3-1-2-4-7(6)9(12,13)14/h1-5H. The molecule has 0 aliphatic carbocycles. The van der Waals surface area contributed by atoms with Crippen LogP contribution in [0.15, 0.2) is 24.3 Å². The van der Waals surface area contributed by atoms with Gasteiger partial charge in [0.15, 0.2) is 6.29 Å². The van der Waals surface area contributed by atoms with Crippen molar-refractivity contribution in [1.82, 2.24) is 0 Å². The lowest BCUT2D eigenvalue weighted by Crippen LogP contribution is -2.21. The lowest BCUT2D eigenvalue weighted by atomic mass is 10.0. The number of halogens is 5. The molecular formula is C9H5F5O. The van der Waals surface area contributed by atoms with E-state index in [1.165, 1.54) is 0 Å². The summed E-state index contributed by atoms with van der Waals surface area (Å²) in [7, 11) is 0. The molecule has 82 valence electrons. The SMILES string of the molecule is O=CC(F)(F)c1ccccc1C(F)(F)F. The fourth-order valence-electron chi connectivity index (χ4n) is 1.08. The number of carbonyl (C=O) groups is 1. The molecule has 0 aliphatic heterocycles. The molecule has 1 aromatic rings. The van der Waals surface area contributed by atoms with Gasteiger partial charge in [0, 0.05) is 5.56 Å². The molecule has 0 aromatic heterocycles. The molecule has 1 aromatic carbocycles. The highest BCUT2D eigenvalue weighted by Gasteiger charge is 2.42. The van der Waals surface area contributed by atoms with Crippen molar-refractivity contribution in [3.8, 4) is 0 Å². The Morgan fingerprint density at radius 3 is 1.80 bits per heavy atom. The molecule has 0 amide bonds. The van der Waals surface area contributed by atoms with E-state index in [0.717, 1.165) is 12.1 Å². The molecule has 1 rings (SSSR count). The zero-order valence-corrected chi connectivity index (χ0v) is 7.18. The van der Waals surface area contributed by atoms with E-state index in [0.29, 0.717) is 12.1 Å². The summed E-state index contributed by atoms with van der Waals surface area (Å²) in [6.07, 6.45) is -5.71. The molecular weight excluding hydrogens is 219 g/mol. The fourth-order valence-corrected chi connectivity index (χ4v) is 1.08. The molecule has 0 bridgehead atoms. The highest BCUT2D eigenvalue weighted by molar-refractivity contribution is 5.64. The molecule has 0 heterocycles. The monoisotopic (exact) mass is 224 g/mol. The number of aldehydes is 1. The Balaban J connectivity index is 3.37. The van der Waals surface area contributed by atoms with Crippen molar-refractivity contribution in [3.63, 3.8) is 0 Å². The van der Waals surface area contributed by atoms with Gasteiger partial charge in [-0.1, -0.05) is 18.2 Å². The van der Waals surface area contributed by atoms with Gasteiger partial charge in [0.05, 0.1) is 5.56 Å². The minimum Gasteiger partial charge on any atom is -0.296 e. The summed E-state index contributed by atoms with van der Waals surface area (Å²) in [5.41, 5.74) is -2.82. The predicted molar refractivity (Wildman–Crippen MR) is 41.4 cm³/mol. The van der Waals surface area contributed by atoms with Gasteiger partial charge in [0.25, 0.3) is 0 Å². The summed E-state index contributed by atoms with van der Waals surface area (Å²) in [5, 5.41) is 0. The molecule has 0 N–H and O–H groups in total. The zero-order chi connectivity index (χ0) is 11.7. The number of rotatable bonds is 2. The van der Waals surface area contributed by atoms with E-state index >= 15 is 0 Å². The first-order chi connectivity index (χ1) is 6.79. The number of hydrogen-bond donors (Lipinski definition) is 0. The van der Waals surface area contributed by atoms with Gasteiger partial charge in [-0.3, -0.25) is 4.79 Å². The Morgan fingerprint density at radius 1 is 0.933 bits per heavy atom. The van der Waals surface area contributed by atoms with Crippen LogP contribution in [0, 0.1) is 0 Å². The minimum atomic E-state index is -4.90. The second-order valence-corrected chi connectivity index (χ2v) is 2.78. The van der Waals surface area contributed by atoms with E-state index < -0.39 is 29.5 Å². The molecule has 15 heavy (non-hydrogen) atoms. The van der Waals surface area contributed by atoms with Crippen LogP contribution < -0.4 is 0 Å². The van der Waals surface area contributed by atoms with Crippen LogP contribution in [0.5, 0.6) is 0 Å². The van der Waals surface area contributed by atoms with Gasteiger partial charge in [0.2, 0.25) is 0 Å². The van der Waals surface area contributed by atoms with Crippen molar-refractivity contribution in [2.75, 3.05) is 0 Å². The topological polar surface area (TPSA) is 17.1 Å². The molecule has 6 heteroatoms. The van der Waals surface area contributed by atoms with Crippen LogP contribution in [0.4, 0.5) is 22.0 Å². The first kappa shape index (κ1) is 11.6. The summed E-state index contributed by atoms with van der Waals surface area (Å²) < 4.78 is 62.4. The van der Waals surface area contributed by atoms with E-state index in [-0.39, 0.29) is 0 Å². The Morgan fingerprint density at radius 2 is 1.40 bits per heavy atom. The Labute approximate surface area is 81.5 Å². The molecule has 0 atom stereocenters. The Bertz CT molecular complexity index is 369. The maximum atomic E-state index is 12.8. The molecule has 0 spiro atoms. The zero-order valence-electron chi connectivity index (χ0n) is 7.18. The molecule has 0 saturated carbocycles. The maximum Gasteiger partial charge on any atom is 0.416 e. The van der Waals surface area contributed by atoms with E-state index in [9.17, 15) is 26.7 Å². The smallest absolute Gasteiger partial charge is 0.296 e. The second-order valence-electron chi connectivity index (χ2n) is 2.78. The number of hydrogen-bond acceptors (Lipinski definition) is 1. The molecule has 0 fully saturated rings. The van der Waals surface area contributed by atoms with Gasteiger partial charge in [0.1, 0.15) is 0 Å². The van der Waals surface area contributed by atoms with Gasteiger partial charge < -0.3 is 0 Å². The molecule has 0 aliphatic rings. The van der Waals surface area contributed by atoms with Crippen molar-refractivity contribution in [1.29, 1.82) is 0 Å². The van der Waals surface area contributed by atoms with Gasteiger partial charge >= 0.3 is 12.1 Å². The van der Waals surface area contributed by atoms with Crippen LogP contribution in [0.25, 0.3) is 0 Å². The van der Waals surface area contributed by atoms with Crippen LogP contribution in [-0.2, 0) is 16.9 Å². The normalized spacial score (nSPS) is 12.6. The molecule has 0 saturated heterocycles. The van der Waals surface area contributed by atoms with Crippen molar-refractivity contribution in [2.45, 2.75) is 12.1 Å². The largest absolute Gasteiger partial charge is 0.416 e. The third-order valence-electron chi connectivity index (χ3n) is 1.74. The molecule has 0 unspecified atom stereocenters. The van der Waals surface area contributed by atoms with E-state index in [4.69, 9.17) is 0 Å². The number of carbonyl (C=O) groups excluding carboxylic acids is 1. The minimum absolute atomic E-state index is 0.507. The summed E-state index contributed by atoms with van der Waals surface area (Å²) in [6, 6.07) is 3.08. The predicted octanol–water partition coefficient (Wildman–Crippen LogP) is 3.00. The summed E-state index contributed by atoms with van der Waals surface area (Å²) in [6.45, 7) is 0. The van der Waals surface area contributed by atoms with Crippen LogP contribution in [-0.4, -0.2) is 6.29 Å². The molecule has 0 radical (unpaired) electrons. The van der Waals surface area contributed by atoms with Gasteiger partial charge in [-0.2, -0.15) is 22.0 Å². The third-order valence-corrected chi connectivity index (χ3v) is 1.74. The van der Waals surface area contributed by atoms with E-state index in [1.807, 2.05) is 0 Å². The first-order valence-corrected chi connectivity index (χ1v) is 3.80. The number of alkyl halides is 5. The third kappa shape index (κ3) is 2.31. The van der Waals surface area contributed by atoms with Crippen molar-refractivity contribution in [3.05, 3.63) is 35.4 Å². The second kappa shape index (κ2) is 3.60. The van der Waals surface area contributed by atoms with Crippen molar-refractivity contribution < 1.29 is 26.7 Å². The van der Waals surface area contributed by atoms with Crippen LogP contribution in [0.2, 0.25) is 0 Å². The first-order valence-electron chi connectivity index (χ1n) is 3.80. The van der Waals surface area contributed by atoms with Crippen LogP contribution >= 0.6 is 0 Å². The number of benzene rings is 1. The lowest BCUT2D eigenvalue weighted by molar-refractivity contribution is -0.144. The van der Waals surface area contributed by atoms with Crippen LogP contribution in [0.1, 0.15) is 11.1 Å². The maximum absolute atomic E-state index is 12.8.